The number of amides is 2. The Balaban J connectivity index is 1.44. The highest BCUT2D eigenvalue weighted by Crippen LogP contribution is 2.32. The molecular formula is C16H22N2O4S3. The number of thiophene rings is 1. The monoisotopic (exact) mass is 402 g/mol. The average Bonchev–Trinajstić information content (AvgIpc) is 3.13. The van der Waals surface area contributed by atoms with Crippen LogP contribution >= 0.6 is 23.1 Å². The Bertz CT molecular complexity index is 772. The number of carbonyl (C=O) groups is 2. The van der Waals surface area contributed by atoms with Crippen LogP contribution in [-0.4, -0.2) is 42.7 Å². The summed E-state index contributed by atoms with van der Waals surface area (Å²) < 4.78 is 22.8. The van der Waals surface area contributed by atoms with Crippen molar-refractivity contribution in [2.45, 2.75) is 37.9 Å². The quantitative estimate of drug-likeness (QED) is 0.746. The summed E-state index contributed by atoms with van der Waals surface area (Å²) in [6.07, 6.45) is 3.76. The molecule has 1 aliphatic carbocycles. The number of hydrazine groups is 1. The molecule has 9 heteroatoms. The van der Waals surface area contributed by atoms with Gasteiger partial charge in [0, 0.05) is 10.1 Å². The Labute approximate surface area is 156 Å². The highest BCUT2D eigenvalue weighted by atomic mass is 32.2. The zero-order chi connectivity index (χ0) is 18.0. The van der Waals surface area contributed by atoms with Gasteiger partial charge in [0.1, 0.15) is 0 Å². The molecule has 1 fully saturated rings. The Hall–Kier alpha value is -1.06. The summed E-state index contributed by atoms with van der Waals surface area (Å²) in [6.45, 7) is 2.22. The summed E-state index contributed by atoms with van der Waals surface area (Å²) in [6, 6.07) is 1.93. The van der Waals surface area contributed by atoms with Crippen molar-refractivity contribution in [2.75, 3.05) is 17.3 Å². The lowest BCUT2D eigenvalue weighted by Crippen LogP contribution is -2.42. The molecule has 0 unspecified atom stereocenters. The average molecular weight is 403 g/mol. The molecule has 0 aromatic carbocycles. The first-order valence-corrected chi connectivity index (χ1v) is 12.0. The fourth-order valence-electron chi connectivity index (χ4n) is 3.13. The molecule has 2 heterocycles. The number of nitrogens with one attached hydrogen (secondary N) is 2. The van der Waals surface area contributed by atoms with Gasteiger partial charge in [-0.05, 0) is 43.2 Å². The van der Waals surface area contributed by atoms with Crippen LogP contribution in [0.1, 0.15) is 39.9 Å². The van der Waals surface area contributed by atoms with E-state index in [1.165, 1.54) is 33.5 Å². The number of sulfone groups is 1. The highest BCUT2D eigenvalue weighted by Gasteiger charge is 2.28. The van der Waals surface area contributed by atoms with Gasteiger partial charge in [-0.15, -0.1) is 23.1 Å². The predicted octanol–water partition coefficient (Wildman–Crippen LogP) is 1.55. The zero-order valence-corrected chi connectivity index (χ0v) is 16.5. The van der Waals surface area contributed by atoms with Crippen LogP contribution in [0.15, 0.2) is 6.07 Å². The number of carbonyl (C=O) groups excluding carboxylic acids is 2. The van der Waals surface area contributed by atoms with Gasteiger partial charge in [-0.3, -0.25) is 20.4 Å². The van der Waals surface area contributed by atoms with Crippen LogP contribution in [0.25, 0.3) is 0 Å². The largest absolute Gasteiger partial charge is 0.279 e. The van der Waals surface area contributed by atoms with Crippen LogP contribution < -0.4 is 10.9 Å². The van der Waals surface area contributed by atoms with Gasteiger partial charge in [0.25, 0.3) is 5.91 Å². The van der Waals surface area contributed by atoms with Crippen molar-refractivity contribution >= 4 is 44.8 Å². The molecule has 138 valence electrons. The van der Waals surface area contributed by atoms with Crippen LogP contribution in [0.5, 0.6) is 0 Å². The van der Waals surface area contributed by atoms with Gasteiger partial charge in [-0.2, -0.15) is 0 Å². The van der Waals surface area contributed by atoms with Gasteiger partial charge in [-0.25, -0.2) is 8.42 Å². The van der Waals surface area contributed by atoms with Gasteiger partial charge >= 0.3 is 0 Å². The topological polar surface area (TPSA) is 92.3 Å². The standard InChI is InChI=1S/C16H22N2O4S3/c1-10-2-3-13-11(6-10)7-14(24-13)16(20)18-17-15(19)8-23-12-4-5-25(21,22)9-12/h7,10,12H,2-6,8-9H2,1H3,(H,17,19)(H,18,20)/t10-,12+/m1/s1. The molecule has 1 aliphatic heterocycles. The van der Waals surface area contributed by atoms with Crippen molar-refractivity contribution in [2.24, 2.45) is 5.92 Å². The second-order valence-electron chi connectivity index (χ2n) is 6.75. The summed E-state index contributed by atoms with van der Waals surface area (Å²) in [7, 11) is -2.93. The minimum absolute atomic E-state index is 0.0301. The van der Waals surface area contributed by atoms with Gasteiger partial charge < -0.3 is 0 Å². The number of thioether (sulfide) groups is 1. The van der Waals surface area contributed by atoms with Crippen molar-refractivity contribution in [3.8, 4) is 0 Å². The Morgan fingerprint density at radius 3 is 2.84 bits per heavy atom. The normalized spacial score (nSPS) is 24.5. The summed E-state index contributed by atoms with van der Waals surface area (Å²) in [5.74, 6) is 0.501. The van der Waals surface area contributed by atoms with Gasteiger partial charge in [0.2, 0.25) is 5.91 Å². The van der Waals surface area contributed by atoms with Crippen LogP contribution in [-0.2, 0) is 27.5 Å². The zero-order valence-electron chi connectivity index (χ0n) is 14.0. The van der Waals surface area contributed by atoms with Gasteiger partial charge in [0.15, 0.2) is 9.84 Å². The summed E-state index contributed by atoms with van der Waals surface area (Å²) in [5, 5.41) is -0.0301. The maximum Gasteiger partial charge on any atom is 0.279 e. The molecule has 0 saturated carbocycles. The van der Waals surface area contributed by atoms with Crippen LogP contribution in [0.4, 0.5) is 0 Å². The van der Waals surface area contributed by atoms with E-state index in [2.05, 4.69) is 17.8 Å². The molecule has 1 aromatic heterocycles. The van der Waals surface area contributed by atoms with E-state index in [-0.39, 0.29) is 34.3 Å². The predicted molar refractivity (Wildman–Crippen MR) is 101 cm³/mol. The minimum Gasteiger partial charge on any atom is -0.272 e. The summed E-state index contributed by atoms with van der Waals surface area (Å²) in [5.41, 5.74) is 6.11. The van der Waals surface area contributed by atoms with Gasteiger partial charge in [0.05, 0.1) is 22.1 Å². The molecule has 0 spiro atoms. The molecule has 0 bridgehead atoms. The Morgan fingerprint density at radius 1 is 1.32 bits per heavy atom. The minimum atomic E-state index is -2.93. The second-order valence-corrected chi connectivity index (χ2v) is 11.4. The van der Waals surface area contributed by atoms with Crippen LogP contribution in [0.2, 0.25) is 0 Å². The molecule has 1 aromatic rings. The van der Waals surface area contributed by atoms with Crippen molar-refractivity contribution in [3.63, 3.8) is 0 Å². The Kier molecular flexibility index (Phi) is 5.75. The number of fused-ring (bicyclic) bond motifs is 1. The molecule has 6 nitrogen and oxygen atoms in total. The van der Waals surface area contributed by atoms with Crippen molar-refractivity contribution in [1.29, 1.82) is 0 Å². The molecule has 0 radical (unpaired) electrons. The van der Waals surface area contributed by atoms with Crippen LogP contribution in [0.3, 0.4) is 0 Å². The lowest BCUT2D eigenvalue weighted by atomic mass is 9.90. The maximum absolute atomic E-state index is 12.2. The molecule has 1 saturated heterocycles. The molecule has 25 heavy (non-hydrogen) atoms. The third kappa shape index (κ3) is 4.98. The molecule has 2 amide bonds. The third-order valence-corrected chi connectivity index (χ3v) is 9.03. The first kappa shape index (κ1) is 18.7. The SMILES string of the molecule is C[C@@H]1CCc2sc(C(=O)NNC(=O)CS[C@H]3CCS(=O)(=O)C3)cc2C1. The fraction of sp³-hybridized carbons (Fsp3) is 0.625. The number of hydrogen-bond acceptors (Lipinski definition) is 6. The van der Waals surface area contributed by atoms with Crippen molar-refractivity contribution in [1.82, 2.24) is 10.9 Å². The van der Waals surface area contributed by atoms with Gasteiger partial charge in [-0.1, -0.05) is 6.92 Å². The Morgan fingerprint density at radius 2 is 2.12 bits per heavy atom. The highest BCUT2D eigenvalue weighted by molar-refractivity contribution is 8.02. The second kappa shape index (κ2) is 7.67. The summed E-state index contributed by atoms with van der Waals surface area (Å²) in [4.78, 5) is 25.9. The maximum atomic E-state index is 12.2. The number of rotatable bonds is 4. The van der Waals surface area contributed by atoms with E-state index in [1.54, 1.807) is 0 Å². The van der Waals surface area contributed by atoms with Crippen molar-refractivity contribution < 1.29 is 18.0 Å². The third-order valence-electron chi connectivity index (χ3n) is 4.51. The van der Waals surface area contributed by atoms with E-state index in [0.717, 1.165) is 19.3 Å². The first-order chi connectivity index (χ1) is 11.8. The summed E-state index contributed by atoms with van der Waals surface area (Å²) >= 11 is 2.82. The van der Waals surface area contributed by atoms with E-state index in [0.29, 0.717) is 17.2 Å². The molecule has 2 atom stereocenters. The van der Waals surface area contributed by atoms with E-state index >= 15 is 0 Å². The molecule has 2 aliphatic rings. The lowest BCUT2D eigenvalue weighted by Gasteiger charge is -2.16. The molecular weight excluding hydrogens is 380 g/mol. The van der Waals surface area contributed by atoms with Crippen LogP contribution in [0, 0.1) is 5.92 Å². The smallest absolute Gasteiger partial charge is 0.272 e. The van der Waals surface area contributed by atoms with E-state index in [9.17, 15) is 18.0 Å². The van der Waals surface area contributed by atoms with E-state index in [4.69, 9.17) is 0 Å². The van der Waals surface area contributed by atoms with Crippen molar-refractivity contribution in [3.05, 3.63) is 21.4 Å². The molecule has 2 N–H and O–H groups in total. The van der Waals surface area contributed by atoms with E-state index < -0.39 is 9.84 Å². The molecule has 3 rings (SSSR count). The number of hydrogen-bond donors (Lipinski definition) is 2. The number of aryl methyl sites for hydroxylation is 1. The first-order valence-electron chi connectivity index (χ1n) is 8.35. The lowest BCUT2D eigenvalue weighted by molar-refractivity contribution is -0.119. The fourth-order valence-corrected chi connectivity index (χ4v) is 7.67. The van der Waals surface area contributed by atoms with E-state index in [1.807, 2.05) is 6.07 Å².